The molecule has 0 saturated carbocycles. The van der Waals surface area contributed by atoms with Crippen LogP contribution in [0.25, 0.3) is 5.69 Å². The summed E-state index contributed by atoms with van der Waals surface area (Å²) in [4.78, 5) is 12.6. The summed E-state index contributed by atoms with van der Waals surface area (Å²) >= 11 is 0. The number of hydrogen-bond donors (Lipinski definition) is 1. The Balaban J connectivity index is 1.69. The molecule has 7 nitrogen and oxygen atoms in total. The lowest BCUT2D eigenvalue weighted by molar-refractivity contribution is -0.134. The Bertz CT molecular complexity index is 941. The number of aryl methyl sites for hydroxylation is 3. The first-order valence-electron chi connectivity index (χ1n) is 8.85. The van der Waals surface area contributed by atoms with Gasteiger partial charge in [0.15, 0.2) is 5.60 Å². The summed E-state index contributed by atoms with van der Waals surface area (Å²) < 4.78 is 9.46. The van der Waals surface area contributed by atoms with Crippen LogP contribution in [0.5, 0.6) is 5.88 Å². The molecule has 0 aliphatic carbocycles. The van der Waals surface area contributed by atoms with E-state index < -0.39 is 5.60 Å². The van der Waals surface area contributed by atoms with Gasteiger partial charge in [0.1, 0.15) is 0 Å². The van der Waals surface area contributed by atoms with E-state index in [0.717, 1.165) is 22.6 Å². The lowest BCUT2D eigenvalue weighted by atomic mass is 10.1. The maximum atomic E-state index is 12.6. The maximum Gasteiger partial charge on any atom is 0.263 e. The van der Waals surface area contributed by atoms with E-state index in [2.05, 4.69) is 15.5 Å². The Labute approximate surface area is 159 Å². The molecule has 0 aliphatic heterocycles. The zero-order valence-electron chi connectivity index (χ0n) is 16.4. The van der Waals surface area contributed by atoms with Crippen molar-refractivity contribution in [1.29, 1.82) is 0 Å². The average molecular weight is 367 g/mol. The Morgan fingerprint density at radius 3 is 2.52 bits per heavy atom. The zero-order valence-corrected chi connectivity index (χ0v) is 16.4. The van der Waals surface area contributed by atoms with Crippen LogP contribution >= 0.6 is 0 Å². The highest BCUT2D eigenvalue weighted by atomic mass is 16.5. The van der Waals surface area contributed by atoms with Crippen molar-refractivity contribution < 1.29 is 9.53 Å². The van der Waals surface area contributed by atoms with Crippen LogP contribution in [-0.4, -0.2) is 31.1 Å². The molecule has 0 atom stereocenters. The van der Waals surface area contributed by atoms with E-state index in [1.807, 2.05) is 63.5 Å². The van der Waals surface area contributed by atoms with Crippen molar-refractivity contribution in [2.75, 3.05) is 0 Å². The average Bonchev–Trinajstić information content (AvgIpc) is 3.14. The molecule has 0 aliphatic rings. The standard InChI is InChI=1S/C20H25N5O2/c1-14-13-25(16-9-7-6-8-10-16)23-18(14)27-20(3,4)19(26)21-12-17-11-15(2)22-24(17)5/h6-11,13H,12H2,1-5H3,(H,21,26). The van der Waals surface area contributed by atoms with E-state index in [1.165, 1.54) is 0 Å². The fourth-order valence-corrected chi connectivity index (χ4v) is 2.76. The van der Waals surface area contributed by atoms with Crippen molar-refractivity contribution in [3.8, 4) is 11.6 Å². The van der Waals surface area contributed by atoms with Gasteiger partial charge >= 0.3 is 0 Å². The first kappa shape index (κ1) is 18.7. The molecule has 2 heterocycles. The van der Waals surface area contributed by atoms with Crippen LogP contribution in [0.1, 0.15) is 30.8 Å². The van der Waals surface area contributed by atoms with Crippen LogP contribution in [0.2, 0.25) is 0 Å². The monoisotopic (exact) mass is 367 g/mol. The molecule has 27 heavy (non-hydrogen) atoms. The van der Waals surface area contributed by atoms with Gasteiger partial charge in [-0.25, -0.2) is 4.68 Å². The molecule has 1 amide bonds. The summed E-state index contributed by atoms with van der Waals surface area (Å²) in [7, 11) is 1.86. The Hall–Kier alpha value is -3.09. The van der Waals surface area contributed by atoms with Crippen molar-refractivity contribution in [2.24, 2.45) is 7.05 Å². The predicted octanol–water partition coefficient (Wildman–Crippen LogP) is 2.70. The topological polar surface area (TPSA) is 74.0 Å². The molecule has 1 aromatic carbocycles. The third kappa shape index (κ3) is 4.19. The molecule has 0 fully saturated rings. The molecule has 0 saturated heterocycles. The summed E-state index contributed by atoms with van der Waals surface area (Å²) in [6.07, 6.45) is 1.89. The van der Waals surface area contributed by atoms with Gasteiger partial charge in [-0.15, -0.1) is 5.10 Å². The fraction of sp³-hybridized carbons (Fsp3) is 0.350. The molecule has 1 N–H and O–H groups in total. The normalized spacial score (nSPS) is 11.4. The summed E-state index contributed by atoms with van der Waals surface area (Å²) in [5.41, 5.74) is 2.58. The first-order chi connectivity index (χ1) is 12.8. The minimum Gasteiger partial charge on any atom is -0.460 e. The number of carbonyl (C=O) groups is 1. The van der Waals surface area contributed by atoms with Gasteiger partial charge in [0.2, 0.25) is 5.88 Å². The number of benzene rings is 1. The second kappa shape index (κ2) is 7.26. The minimum atomic E-state index is -1.06. The molecule has 0 unspecified atom stereocenters. The van der Waals surface area contributed by atoms with Crippen LogP contribution in [-0.2, 0) is 18.4 Å². The minimum absolute atomic E-state index is 0.213. The van der Waals surface area contributed by atoms with Crippen LogP contribution < -0.4 is 10.1 Å². The smallest absolute Gasteiger partial charge is 0.263 e. The summed E-state index contributed by atoms with van der Waals surface area (Å²) in [6, 6.07) is 11.7. The molecule has 0 radical (unpaired) electrons. The number of para-hydroxylation sites is 1. The number of carbonyl (C=O) groups excluding carboxylic acids is 1. The predicted molar refractivity (Wildman–Crippen MR) is 103 cm³/mol. The Morgan fingerprint density at radius 2 is 1.89 bits per heavy atom. The third-order valence-corrected chi connectivity index (χ3v) is 4.30. The first-order valence-corrected chi connectivity index (χ1v) is 8.85. The summed E-state index contributed by atoms with van der Waals surface area (Å²) in [5.74, 6) is 0.227. The molecule has 142 valence electrons. The van der Waals surface area contributed by atoms with Crippen LogP contribution in [0.15, 0.2) is 42.6 Å². The van der Waals surface area contributed by atoms with Crippen molar-refractivity contribution in [3.63, 3.8) is 0 Å². The van der Waals surface area contributed by atoms with Gasteiger partial charge in [-0.1, -0.05) is 18.2 Å². The number of nitrogens with one attached hydrogen (secondary N) is 1. The Morgan fingerprint density at radius 1 is 1.19 bits per heavy atom. The molecular formula is C20H25N5O2. The van der Waals surface area contributed by atoms with Crippen LogP contribution in [0.4, 0.5) is 0 Å². The highest BCUT2D eigenvalue weighted by molar-refractivity contribution is 5.84. The van der Waals surface area contributed by atoms with Crippen molar-refractivity contribution in [3.05, 3.63) is 59.5 Å². The second-order valence-electron chi connectivity index (χ2n) is 7.09. The van der Waals surface area contributed by atoms with E-state index >= 15 is 0 Å². The van der Waals surface area contributed by atoms with Gasteiger partial charge in [-0.05, 0) is 45.9 Å². The highest BCUT2D eigenvalue weighted by Crippen LogP contribution is 2.23. The lowest BCUT2D eigenvalue weighted by Gasteiger charge is -2.24. The zero-order chi connectivity index (χ0) is 19.6. The molecule has 2 aromatic heterocycles. The van der Waals surface area contributed by atoms with Crippen LogP contribution in [0, 0.1) is 13.8 Å². The van der Waals surface area contributed by atoms with E-state index in [0.29, 0.717) is 12.4 Å². The molecule has 7 heteroatoms. The summed E-state index contributed by atoms with van der Waals surface area (Å²) in [5, 5.41) is 11.7. The van der Waals surface area contributed by atoms with E-state index in [4.69, 9.17) is 4.74 Å². The van der Waals surface area contributed by atoms with Gasteiger partial charge in [0.05, 0.1) is 23.6 Å². The van der Waals surface area contributed by atoms with Crippen LogP contribution in [0.3, 0.4) is 0 Å². The maximum absolute atomic E-state index is 12.6. The number of hydrogen-bond acceptors (Lipinski definition) is 4. The van der Waals surface area contributed by atoms with Gasteiger partial charge in [-0.3, -0.25) is 9.48 Å². The largest absolute Gasteiger partial charge is 0.460 e. The highest BCUT2D eigenvalue weighted by Gasteiger charge is 2.31. The third-order valence-electron chi connectivity index (χ3n) is 4.30. The van der Waals surface area contributed by atoms with Crippen molar-refractivity contribution >= 4 is 5.91 Å². The number of amides is 1. The number of aromatic nitrogens is 4. The lowest BCUT2D eigenvalue weighted by Crippen LogP contribution is -2.46. The van der Waals surface area contributed by atoms with Gasteiger partial charge in [0, 0.05) is 18.8 Å². The Kier molecular flexibility index (Phi) is 5.03. The van der Waals surface area contributed by atoms with E-state index in [1.54, 1.807) is 23.2 Å². The van der Waals surface area contributed by atoms with E-state index in [9.17, 15) is 4.79 Å². The molecule has 3 rings (SSSR count). The second-order valence-corrected chi connectivity index (χ2v) is 7.09. The number of rotatable bonds is 6. The number of nitrogens with zero attached hydrogens (tertiary/aromatic N) is 4. The van der Waals surface area contributed by atoms with E-state index in [-0.39, 0.29) is 5.91 Å². The molecule has 0 bridgehead atoms. The van der Waals surface area contributed by atoms with Gasteiger partial charge in [0.25, 0.3) is 5.91 Å². The van der Waals surface area contributed by atoms with Gasteiger partial charge < -0.3 is 10.1 Å². The van der Waals surface area contributed by atoms with Crippen molar-refractivity contribution in [1.82, 2.24) is 24.9 Å². The molecular weight excluding hydrogens is 342 g/mol. The quantitative estimate of drug-likeness (QED) is 0.727. The fourth-order valence-electron chi connectivity index (χ4n) is 2.76. The number of ether oxygens (including phenoxy) is 1. The molecule has 0 spiro atoms. The van der Waals surface area contributed by atoms with Gasteiger partial charge in [-0.2, -0.15) is 5.10 Å². The SMILES string of the molecule is Cc1cc(CNC(=O)C(C)(C)Oc2nn(-c3ccccc3)cc2C)n(C)n1. The molecule has 3 aromatic rings. The van der Waals surface area contributed by atoms with Crippen molar-refractivity contribution in [2.45, 2.75) is 39.8 Å². The summed E-state index contributed by atoms with van der Waals surface area (Å²) in [6.45, 7) is 7.69.